The molecule has 10 heteroatoms. The Hall–Kier alpha value is -2.95. The minimum absolute atomic E-state index is 0.0942. The Bertz CT molecular complexity index is 902. The smallest absolute Gasteiger partial charge is 0.327 e. The lowest BCUT2D eigenvalue weighted by molar-refractivity contribution is -0.149. The number of pyridine rings is 1. The van der Waals surface area contributed by atoms with Gasteiger partial charge in [-0.05, 0) is 37.3 Å². The van der Waals surface area contributed by atoms with Crippen molar-refractivity contribution >= 4 is 30.4 Å². The molecule has 2 heterocycles. The second-order valence-corrected chi connectivity index (χ2v) is 7.34. The molecule has 0 aliphatic carbocycles. The van der Waals surface area contributed by atoms with Crippen LogP contribution in [0.25, 0.3) is 0 Å². The quantitative estimate of drug-likeness (QED) is 0.257. The summed E-state index contributed by atoms with van der Waals surface area (Å²) in [5.41, 5.74) is 0.722. The van der Waals surface area contributed by atoms with Crippen molar-refractivity contribution in [1.82, 2.24) is 20.9 Å². The molecule has 0 spiro atoms. The molecule has 2 bridgehead atoms. The number of cyclic esters (lactones) is 1. The molecule has 0 radical (unpaired) electrons. The maximum atomic E-state index is 12.7. The maximum absolute atomic E-state index is 12.7. The van der Waals surface area contributed by atoms with E-state index < -0.39 is 30.3 Å². The standard InChI is InChI=1S/C22H28N4O5S/c1-3-16-20(28)26-17(4-2)22(30)31-15(9-5-6-11-32)12-19(27)23-13-14-8-7-10-18(24-14)21(29)25-16/h3-5,7-10,15,17,20,26,28,32H,2,6,11-13H2,1H3,(H,23,27)(H,25,29)/b9-5+,16-3-/t15-,17+,20?/m1/s1. The molecule has 1 aliphatic rings. The van der Waals surface area contributed by atoms with Gasteiger partial charge in [0, 0.05) is 0 Å². The molecule has 9 nitrogen and oxygen atoms in total. The second-order valence-electron chi connectivity index (χ2n) is 6.89. The number of aromatic nitrogens is 1. The zero-order chi connectivity index (χ0) is 23.5. The fraction of sp³-hybridized carbons (Fsp3) is 0.364. The zero-order valence-corrected chi connectivity index (χ0v) is 18.7. The van der Waals surface area contributed by atoms with Crippen LogP contribution >= 0.6 is 12.6 Å². The first kappa shape index (κ1) is 25.3. The number of hydrogen-bond acceptors (Lipinski definition) is 8. The average molecular weight is 461 g/mol. The van der Waals surface area contributed by atoms with Crippen LogP contribution in [-0.4, -0.2) is 52.0 Å². The van der Waals surface area contributed by atoms with Gasteiger partial charge in [0.15, 0.2) is 0 Å². The van der Waals surface area contributed by atoms with Crippen molar-refractivity contribution in [3.63, 3.8) is 0 Å². The van der Waals surface area contributed by atoms with Gasteiger partial charge in [-0.15, -0.1) is 6.58 Å². The number of esters is 1. The van der Waals surface area contributed by atoms with E-state index >= 15 is 0 Å². The first-order chi connectivity index (χ1) is 15.4. The van der Waals surface area contributed by atoms with Crippen LogP contribution in [0.15, 0.2) is 54.8 Å². The minimum atomic E-state index is -1.39. The molecule has 1 aliphatic heterocycles. The van der Waals surface area contributed by atoms with E-state index in [-0.39, 0.29) is 30.3 Å². The van der Waals surface area contributed by atoms with Crippen molar-refractivity contribution in [2.45, 2.75) is 44.7 Å². The highest BCUT2D eigenvalue weighted by molar-refractivity contribution is 7.80. The first-order valence-electron chi connectivity index (χ1n) is 10.1. The number of hydrogen-bond donors (Lipinski definition) is 5. The zero-order valence-electron chi connectivity index (χ0n) is 17.8. The fourth-order valence-electron chi connectivity index (χ4n) is 2.83. The molecule has 0 aromatic carbocycles. The summed E-state index contributed by atoms with van der Waals surface area (Å²) in [4.78, 5) is 41.9. The number of nitrogens with zero attached hydrogens (tertiary/aromatic N) is 1. The molecule has 2 amide bonds. The summed E-state index contributed by atoms with van der Waals surface area (Å²) in [5.74, 6) is -1.03. The van der Waals surface area contributed by atoms with E-state index in [0.717, 1.165) is 0 Å². The van der Waals surface area contributed by atoms with Crippen molar-refractivity contribution in [1.29, 1.82) is 0 Å². The Kier molecular flexibility index (Phi) is 10.1. The molecule has 1 aromatic heterocycles. The highest BCUT2D eigenvalue weighted by Crippen LogP contribution is 2.09. The van der Waals surface area contributed by atoms with Crippen LogP contribution in [0.2, 0.25) is 0 Å². The van der Waals surface area contributed by atoms with Crippen LogP contribution < -0.4 is 16.0 Å². The lowest BCUT2D eigenvalue weighted by Gasteiger charge is -2.23. The number of ether oxygens (including phenoxy) is 1. The minimum Gasteiger partial charge on any atom is -0.456 e. The maximum Gasteiger partial charge on any atom is 0.327 e. The topological polar surface area (TPSA) is 130 Å². The number of carbonyl (C=O) groups is 3. The molecular weight excluding hydrogens is 432 g/mol. The Labute approximate surface area is 192 Å². The van der Waals surface area contributed by atoms with Gasteiger partial charge in [0.2, 0.25) is 5.91 Å². The van der Waals surface area contributed by atoms with Crippen LogP contribution in [0.1, 0.15) is 35.9 Å². The van der Waals surface area contributed by atoms with E-state index in [1.807, 2.05) is 0 Å². The molecule has 1 unspecified atom stereocenters. The fourth-order valence-corrected chi connectivity index (χ4v) is 2.98. The number of thiol groups is 1. The van der Waals surface area contributed by atoms with Crippen LogP contribution in [0.5, 0.6) is 0 Å². The van der Waals surface area contributed by atoms with Gasteiger partial charge in [-0.25, -0.2) is 9.78 Å². The van der Waals surface area contributed by atoms with Gasteiger partial charge in [-0.3, -0.25) is 14.9 Å². The van der Waals surface area contributed by atoms with Gasteiger partial charge >= 0.3 is 5.97 Å². The highest BCUT2D eigenvalue weighted by atomic mass is 32.1. The van der Waals surface area contributed by atoms with E-state index in [1.54, 1.807) is 31.2 Å². The highest BCUT2D eigenvalue weighted by Gasteiger charge is 2.26. The Morgan fingerprint density at radius 1 is 1.34 bits per heavy atom. The summed E-state index contributed by atoms with van der Waals surface area (Å²) < 4.78 is 5.47. The van der Waals surface area contributed by atoms with E-state index in [0.29, 0.717) is 17.9 Å². The van der Waals surface area contributed by atoms with E-state index in [4.69, 9.17) is 4.74 Å². The number of aliphatic hydroxyl groups is 1. The van der Waals surface area contributed by atoms with Gasteiger partial charge in [-0.2, -0.15) is 12.6 Å². The number of amides is 2. The van der Waals surface area contributed by atoms with Gasteiger partial charge in [0.05, 0.1) is 24.4 Å². The van der Waals surface area contributed by atoms with Crippen molar-refractivity contribution < 1.29 is 24.2 Å². The SMILES string of the molecule is C=C[C@@H]1NC(O)/C(=C/C)NC(=O)c2cccc(n2)CNC(=O)C[C@@H](/C=C/CCS)OC1=O. The van der Waals surface area contributed by atoms with E-state index in [9.17, 15) is 19.5 Å². The molecule has 0 fully saturated rings. The summed E-state index contributed by atoms with van der Waals surface area (Å²) in [6, 6.07) is 3.75. The molecular formula is C22H28N4O5S. The Balaban J connectivity index is 2.35. The van der Waals surface area contributed by atoms with Crippen LogP contribution in [0.4, 0.5) is 0 Å². The number of nitrogens with one attached hydrogen (secondary N) is 3. The van der Waals surface area contributed by atoms with E-state index in [1.165, 1.54) is 18.2 Å². The molecule has 4 N–H and O–H groups in total. The molecule has 1 aromatic rings. The van der Waals surface area contributed by atoms with E-state index in [2.05, 4.69) is 40.1 Å². The third-order valence-corrected chi connectivity index (χ3v) is 4.76. The van der Waals surface area contributed by atoms with Gasteiger partial charge < -0.3 is 20.5 Å². The van der Waals surface area contributed by atoms with Gasteiger partial charge in [0.25, 0.3) is 5.91 Å². The molecule has 172 valence electrons. The number of fused-ring (bicyclic) bond motifs is 2. The number of aliphatic hydroxyl groups excluding tert-OH is 1. The third-order valence-electron chi connectivity index (χ3n) is 4.50. The third kappa shape index (κ3) is 7.63. The summed E-state index contributed by atoms with van der Waals surface area (Å²) in [5, 5.41) is 18.5. The molecule has 2 rings (SSSR count). The predicted molar refractivity (Wildman–Crippen MR) is 123 cm³/mol. The Morgan fingerprint density at radius 3 is 2.81 bits per heavy atom. The number of carbonyl (C=O) groups excluding carboxylic acids is 3. The van der Waals surface area contributed by atoms with Gasteiger partial charge in [-0.1, -0.05) is 24.3 Å². The number of rotatable bonds is 4. The van der Waals surface area contributed by atoms with Gasteiger partial charge in [0.1, 0.15) is 24.1 Å². The average Bonchev–Trinajstić information content (AvgIpc) is 2.78. The number of allylic oxidation sites excluding steroid dienone is 2. The Morgan fingerprint density at radius 2 is 2.12 bits per heavy atom. The van der Waals surface area contributed by atoms with Crippen LogP contribution in [0.3, 0.4) is 0 Å². The summed E-state index contributed by atoms with van der Waals surface area (Å²) >= 11 is 4.14. The normalized spacial score (nSPS) is 24.7. The summed E-state index contributed by atoms with van der Waals surface area (Å²) in [6.07, 6.45) is 4.49. The molecule has 0 saturated heterocycles. The predicted octanol–water partition coefficient (Wildman–Crippen LogP) is 0.986. The van der Waals surface area contributed by atoms with Crippen LogP contribution in [0, 0.1) is 0 Å². The second kappa shape index (κ2) is 12.8. The lowest BCUT2D eigenvalue weighted by Crippen LogP contribution is -2.47. The summed E-state index contributed by atoms with van der Waals surface area (Å²) in [6.45, 7) is 5.32. The molecule has 32 heavy (non-hydrogen) atoms. The van der Waals surface area contributed by atoms with Crippen molar-refractivity contribution in [3.05, 3.63) is 66.2 Å². The molecule has 0 saturated carbocycles. The summed E-state index contributed by atoms with van der Waals surface area (Å²) in [7, 11) is 0. The largest absolute Gasteiger partial charge is 0.456 e. The lowest BCUT2D eigenvalue weighted by atomic mass is 10.2. The van der Waals surface area contributed by atoms with Crippen molar-refractivity contribution in [3.8, 4) is 0 Å². The van der Waals surface area contributed by atoms with Crippen LogP contribution in [-0.2, 0) is 20.9 Å². The first-order valence-corrected chi connectivity index (χ1v) is 10.8. The van der Waals surface area contributed by atoms with Crippen molar-refractivity contribution in [2.24, 2.45) is 0 Å². The van der Waals surface area contributed by atoms with Crippen molar-refractivity contribution in [2.75, 3.05) is 5.75 Å². The monoisotopic (exact) mass is 460 g/mol. The molecule has 3 atom stereocenters.